The molecule has 1 aromatic rings. The van der Waals surface area contributed by atoms with Gasteiger partial charge in [0, 0.05) is 6.54 Å². The van der Waals surface area contributed by atoms with Crippen molar-refractivity contribution in [1.82, 2.24) is 5.32 Å². The summed E-state index contributed by atoms with van der Waals surface area (Å²) in [6.45, 7) is 0.709. The lowest BCUT2D eigenvalue weighted by molar-refractivity contribution is 0.356. The van der Waals surface area contributed by atoms with Gasteiger partial charge in [0.1, 0.15) is 11.5 Å². The van der Waals surface area contributed by atoms with Gasteiger partial charge >= 0.3 is 7.60 Å². The quantitative estimate of drug-likeness (QED) is 0.421. The second kappa shape index (κ2) is 6.87. The number of benzene rings is 1. The van der Waals surface area contributed by atoms with E-state index in [4.69, 9.17) is 20.3 Å². The van der Waals surface area contributed by atoms with Crippen LogP contribution in [0, 0.1) is 0 Å². The molecular weight excluding hydrogens is 255 g/mol. The van der Waals surface area contributed by atoms with Crippen molar-refractivity contribution in [2.45, 2.75) is 12.2 Å². The summed E-state index contributed by atoms with van der Waals surface area (Å²) in [4.78, 5) is 17.6. The van der Waals surface area contributed by atoms with E-state index in [0.29, 0.717) is 6.54 Å². The third-order valence-corrected chi connectivity index (χ3v) is 3.58. The molecule has 0 aliphatic rings. The van der Waals surface area contributed by atoms with Gasteiger partial charge in [0.2, 0.25) is 0 Å². The van der Waals surface area contributed by atoms with Crippen LogP contribution in [0.15, 0.2) is 24.3 Å². The van der Waals surface area contributed by atoms with Crippen LogP contribution in [-0.2, 0) is 11.0 Å². The first-order chi connectivity index (χ1) is 8.43. The molecule has 1 atom stereocenters. The van der Waals surface area contributed by atoms with Crippen molar-refractivity contribution >= 4 is 7.60 Å². The van der Waals surface area contributed by atoms with Crippen molar-refractivity contribution in [3.8, 4) is 5.75 Å². The van der Waals surface area contributed by atoms with Gasteiger partial charge in [0.25, 0.3) is 0 Å². The molecule has 1 rings (SSSR count). The fourth-order valence-electron chi connectivity index (χ4n) is 1.39. The fourth-order valence-corrected chi connectivity index (χ4v) is 1.76. The summed E-state index contributed by atoms with van der Waals surface area (Å²) >= 11 is 0. The molecule has 7 heteroatoms. The van der Waals surface area contributed by atoms with Crippen molar-refractivity contribution in [1.29, 1.82) is 0 Å². The number of methoxy groups -OCH3 is 1. The topological polar surface area (TPSA) is 105 Å². The Kier molecular flexibility index (Phi) is 5.78. The van der Waals surface area contributed by atoms with Crippen LogP contribution in [0.2, 0.25) is 0 Å². The van der Waals surface area contributed by atoms with Crippen molar-refractivity contribution < 1.29 is 19.1 Å². The molecule has 1 aromatic carbocycles. The predicted octanol–water partition coefficient (Wildman–Crippen LogP) is 0.290. The molecule has 0 aliphatic carbocycles. The Bertz CT molecular complexity index is 404. The molecule has 0 heterocycles. The standard InChI is InChI=1S/C11H19N2O4P/c1-17-10-4-2-9(3-5-10)6-7-13-8-11(12)18(14,15)16/h2-5,11,13H,6-8,12H2,1H3,(H2,14,15,16)/t11-/m1/s1. The third kappa shape index (κ3) is 5.16. The van der Waals surface area contributed by atoms with Crippen LogP contribution in [-0.4, -0.2) is 35.8 Å². The van der Waals surface area contributed by atoms with Gasteiger partial charge in [-0.15, -0.1) is 0 Å². The van der Waals surface area contributed by atoms with Crippen LogP contribution in [0.1, 0.15) is 5.56 Å². The van der Waals surface area contributed by atoms with Gasteiger partial charge in [-0.2, -0.15) is 0 Å². The van der Waals surface area contributed by atoms with Gasteiger partial charge in [-0.05, 0) is 30.7 Å². The minimum absolute atomic E-state index is 0.0977. The number of nitrogens with two attached hydrogens (primary N) is 1. The van der Waals surface area contributed by atoms with E-state index in [1.54, 1.807) is 7.11 Å². The first kappa shape index (κ1) is 15.1. The summed E-state index contributed by atoms with van der Waals surface area (Å²) in [5.41, 5.74) is 6.44. The lowest BCUT2D eigenvalue weighted by Gasteiger charge is -2.14. The van der Waals surface area contributed by atoms with E-state index in [1.165, 1.54) is 0 Å². The van der Waals surface area contributed by atoms with Gasteiger partial charge in [-0.3, -0.25) is 4.57 Å². The zero-order valence-electron chi connectivity index (χ0n) is 10.2. The molecule has 0 aromatic heterocycles. The van der Waals surface area contributed by atoms with E-state index in [0.717, 1.165) is 17.7 Å². The average molecular weight is 274 g/mol. The van der Waals surface area contributed by atoms with Gasteiger partial charge in [-0.1, -0.05) is 12.1 Å². The Hall–Kier alpha value is -0.910. The largest absolute Gasteiger partial charge is 0.497 e. The summed E-state index contributed by atoms with van der Waals surface area (Å²) in [6, 6.07) is 7.64. The fraction of sp³-hybridized carbons (Fsp3) is 0.455. The highest BCUT2D eigenvalue weighted by atomic mass is 31.2. The van der Waals surface area contributed by atoms with E-state index >= 15 is 0 Å². The molecule has 0 spiro atoms. The summed E-state index contributed by atoms with van der Waals surface area (Å²) in [5.74, 6) is -0.344. The zero-order chi connectivity index (χ0) is 13.6. The molecule has 0 radical (unpaired) electrons. The zero-order valence-corrected chi connectivity index (χ0v) is 11.1. The Morgan fingerprint density at radius 2 is 2.00 bits per heavy atom. The maximum Gasteiger partial charge on any atom is 0.343 e. The van der Waals surface area contributed by atoms with E-state index < -0.39 is 13.4 Å². The van der Waals surface area contributed by atoms with Crippen LogP contribution in [0.25, 0.3) is 0 Å². The summed E-state index contributed by atoms with van der Waals surface area (Å²) in [7, 11) is -2.57. The Balaban J connectivity index is 2.27. The molecule has 102 valence electrons. The number of nitrogens with one attached hydrogen (secondary N) is 1. The molecule has 0 fully saturated rings. The molecule has 0 bridgehead atoms. The first-order valence-electron chi connectivity index (χ1n) is 5.58. The maximum atomic E-state index is 10.8. The smallest absolute Gasteiger partial charge is 0.343 e. The van der Waals surface area contributed by atoms with Crippen LogP contribution >= 0.6 is 7.60 Å². The molecule has 0 aliphatic heterocycles. The monoisotopic (exact) mass is 274 g/mol. The van der Waals surface area contributed by atoms with Gasteiger partial charge in [0.15, 0.2) is 0 Å². The number of hydrogen-bond donors (Lipinski definition) is 4. The van der Waals surface area contributed by atoms with Crippen LogP contribution in [0.5, 0.6) is 5.75 Å². The van der Waals surface area contributed by atoms with E-state index in [1.807, 2.05) is 24.3 Å². The highest BCUT2D eigenvalue weighted by Gasteiger charge is 2.23. The lowest BCUT2D eigenvalue weighted by Crippen LogP contribution is -2.34. The molecule has 6 nitrogen and oxygen atoms in total. The third-order valence-electron chi connectivity index (χ3n) is 2.54. The second-order valence-corrected chi connectivity index (χ2v) is 5.80. The van der Waals surface area contributed by atoms with Crippen LogP contribution in [0.4, 0.5) is 0 Å². The second-order valence-electron chi connectivity index (χ2n) is 3.96. The van der Waals surface area contributed by atoms with Crippen LogP contribution in [0.3, 0.4) is 0 Å². The summed E-state index contributed by atoms with van der Waals surface area (Å²) in [6.07, 6.45) is 0.762. The van der Waals surface area contributed by atoms with E-state index in [2.05, 4.69) is 5.32 Å². The average Bonchev–Trinajstić information content (AvgIpc) is 2.34. The molecular formula is C11H19N2O4P. The Morgan fingerprint density at radius 3 is 2.50 bits per heavy atom. The van der Waals surface area contributed by atoms with Crippen LogP contribution < -0.4 is 15.8 Å². The molecule has 0 saturated heterocycles. The minimum Gasteiger partial charge on any atom is -0.497 e. The Morgan fingerprint density at radius 1 is 1.39 bits per heavy atom. The summed E-state index contributed by atoms with van der Waals surface area (Å²) < 4.78 is 15.8. The maximum absolute atomic E-state index is 10.8. The van der Waals surface area contributed by atoms with E-state index in [9.17, 15) is 4.57 Å². The number of hydrogen-bond acceptors (Lipinski definition) is 4. The van der Waals surface area contributed by atoms with E-state index in [-0.39, 0.29) is 6.54 Å². The number of ether oxygens (including phenoxy) is 1. The highest BCUT2D eigenvalue weighted by molar-refractivity contribution is 7.52. The van der Waals surface area contributed by atoms with Crippen molar-refractivity contribution in [3.63, 3.8) is 0 Å². The van der Waals surface area contributed by atoms with Crippen molar-refractivity contribution in [2.24, 2.45) is 5.73 Å². The van der Waals surface area contributed by atoms with Gasteiger partial charge in [0.05, 0.1) is 7.11 Å². The molecule has 18 heavy (non-hydrogen) atoms. The molecule has 5 N–H and O–H groups in total. The minimum atomic E-state index is -4.18. The number of rotatable bonds is 7. The van der Waals surface area contributed by atoms with Crippen molar-refractivity contribution in [2.75, 3.05) is 20.2 Å². The summed E-state index contributed by atoms with van der Waals surface area (Å²) in [5, 5.41) is 2.92. The lowest BCUT2D eigenvalue weighted by atomic mass is 10.1. The predicted molar refractivity (Wildman–Crippen MR) is 69.6 cm³/mol. The molecule has 0 saturated carbocycles. The molecule has 0 unspecified atom stereocenters. The Labute approximate surface area is 106 Å². The SMILES string of the molecule is COc1ccc(CCNC[C@H](N)P(=O)(O)O)cc1. The van der Waals surface area contributed by atoms with Crippen molar-refractivity contribution in [3.05, 3.63) is 29.8 Å². The highest BCUT2D eigenvalue weighted by Crippen LogP contribution is 2.37. The molecule has 0 amide bonds. The normalized spacial score (nSPS) is 13.3. The van der Waals surface area contributed by atoms with Gasteiger partial charge < -0.3 is 25.6 Å². The van der Waals surface area contributed by atoms with Gasteiger partial charge in [-0.25, -0.2) is 0 Å². The first-order valence-corrected chi connectivity index (χ1v) is 7.26.